The van der Waals surface area contributed by atoms with Crippen LogP contribution in [0.3, 0.4) is 0 Å². The molecule has 0 atom stereocenters. The van der Waals surface area contributed by atoms with Gasteiger partial charge in [0.25, 0.3) is 5.91 Å². The van der Waals surface area contributed by atoms with E-state index < -0.39 is 0 Å². The maximum Gasteiger partial charge on any atom is 0.276 e. The molecule has 4 heteroatoms. The zero-order chi connectivity index (χ0) is 9.26. The Bertz CT molecular complexity index is 329. The van der Waals surface area contributed by atoms with E-state index in [0.29, 0.717) is 18.7 Å². The van der Waals surface area contributed by atoms with Gasteiger partial charge in [-0.1, -0.05) is 0 Å². The van der Waals surface area contributed by atoms with Crippen LogP contribution in [0.1, 0.15) is 23.3 Å². The Morgan fingerprint density at radius 3 is 2.92 bits per heavy atom. The predicted molar refractivity (Wildman–Crippen MR) is 46.1 cm³/mol. The molecule has 0 aliphatic carbocycles. The quantitative estimate of drug-likeness (QED) is 0.646. The van der Waals surface area contributed by atoms with Crippen LogP contribution in [0.25, 0.3) is 0 Å². The minimum Gasteiger partial charge on any atom is -0.357 e. The number of likely N-dealkylation sites (tertiary alicyclic amines) is 1. The van der Waals surface area contributed by atoms with Crippen LogP contribution in [0.5, 0.6) is 0 Å². The zero-order valence-electron chi connectivity index (χ0n) is 7.12. The lowest BCUT2D eigenvalue weighted by atomic mass is 10.4. The number of aromatic amines is 1. The van der Waals surface area contributed by atoms with E-state index in [2.05, 4.69) is 4.98 Å². The van der Waals surface area contributed by atoms with Crippen LogP contribution in [0.2, 0.25) is 0 Å². The van der Waals surface area contributed by atoms with E-state index in [1.165, 1.54) is 4.90 Å². The van der Waals surface area contributed by atoms with Crippen molar-refractivity contribution in [1.82, 2.24) is 9.88 Å². The van der Waals surface area contributed by atoms with Crippen molar-refractivity contribution in [2.24, 2.45) is 0 Å². The topological polar surface area (TPSA) is 53.2 Å². The molecule has 1 fully saturated rings. The molecule has 1 saturated heterocycles. The average Bonchev–Trinajstić information content (AvgIpc) is 2.72. The third-order valence-corrected chi connectivity index (χ3v) is 2.15. The molecule has 1 aliphatic heterocycles. The number of rotatable bonds is 1. The molecule has 0 radical (unpaired) electrons. The second kappa shape index (κ2) is 3.05. The van der Waals surface area contributed by atoms with Crippen LogP contribution < -0.4 is 0 Å². The highest BCUT2D eigenvalue weighted by Crippen LogP contribution is 2.12. The third kappa shape index (κ3) is 1.35. The van der Waals surface area contributed by atoms with Crippen LogP contribution in [-0.4, -0.2) is 28.2 Å². The molecule has 2 rings (SSSR count). The number of amides is 2. The second-order valence-corrected chi connectivity index (χ2v) is 3.04. The molecule has 13 heavy (non-hydrogen) atoms. The molecule has 2 heterocycles. The average molecular weight is 178 g/mol. The Hall–Kier alpha value is -1.58. The fourth-order valence-corrected chi connectivity index (χ4v) is 1.47. The summed E-state index contributed by atoms with van der Waals surface area (Å²) in [6.07, 6.45) is 2.95. The standard InChI is InChI=1S/C9H10N2O2/c12-8-4-2-6-11(8)9(13)7-3-1-5-10-7/h1,3,5,10H,2,4,6H2. The maximum atomic E-state index is 11.6. The fourth-order valence-electron chi connectivity index (χ4n) is 1.47. The van der Waals surface area contributed by atoms with Crippen LogP contribution >= 0.6 is 0 Å². The number of carbonyl (C=O) groups is 2. The summed E-state index contributed by atoms with van der Waals surface area (Å²) in [7, 11) is 0. The van der Waals surface area contributed by atoms with Gasteiger partial charge in [0.05, 0.1) is 0 Å². The number of hydrogen-bond acceptors (Lipinski definition) is 2. The van der Waals surface area contributed by atoms with Gasteiger partial charge in [-0.15, -0.1) is 0 Å². The molecular weight excluding hydrogens is 168 g/mol. The minimum absolute atomic E-state index is 0.0698. The van der Waals surface area contributed by atoms with Crippen LogP contribution in [0.15, 0.2) is 18.3 Å². The lowest BCUT2D eigenvalue weighted by Crippen LogP contribution is -2.31. The van der Waals surface area contributed by atoms with E-state index in [1.54, 1.807) is 18.3 Å². The summed E-state index contributed by atoms with van der Waals surface area (Å²) in [5.41, 5.74) is 0.482. The molecule has 0 saturated carbocycles. The molecular formula is C9H10N2O2. The van der Waals surface area contributed by atoms with Gasteiger partial charge < -0.3 is 4.98 Å². The van der Waals surface area contributed by atoms with Gasteiger partial charge in [0.1, 0.15) is 5.69 Å². The first-order valence-corrected chi connectivity index (χ1v) is 4.27. The minimum atomic E-state index is -0.215. The van der Waals surface area contributed by atoms with Crippen LogP contribution in [-0.2, 0) is 4.79 Å². The lowest BCUT2D eigenvalue weighted by Gasteiger charge is -2.11. The SMILES string of the molecule is O=C1CCCN1C(=O)c1ccc[nH]1. The van der Waals surface area contributed by atoms with Crippen molar-refractivity contribution in [3.05, 3.63) is 24.0 Å². The van der Waals surface area contributed by atoms with Gasteiger partial charge >= 0.3 is 0 Å². The van der Waals surface area contributed by atoms with Crippen LogP contribution in [0, 0.1) is 0 Å². The van der Waals surface area contributed by atoms with Crippen molar-refractivity contribution >= 4 is 11.8 Å². The van der Waals surface area contributed by atoms with Gasteiger partial charge in [-0.05, 0) is 18.6 Å². The third-order valence-electron chi connectivity index (χ3n) is 2.15. The number of aromatic nitrogens is 1. The van der Waals surface area contributed by atoms with E-state index in [4.69, 9.17) is 0 Å². The van der Waals surface area contributed by atoms with Crippen molar-refractivity contribution < 1.29 is 9.59 Å². The monoisotopic (exact) mass is 178 g/mol. The van der Waals surface area contributed by atoms with Gasteiger partial charge in [-0.25, -0.2) is 0 Å². The number of nitrogens with one attached hydrogen (secondary N) is 1. The normalized spacial score (nSPS) is 16.6. The molecule has 0 aromatic carbocycles. The molecule has 1 aromatic heterocycles. The molecule has 68 valence electrons. The van der Waals surface area contributed by atoms with Gasteiger partial charge in [-0.2, -0.15) is 0 Å². The summed E-state index contributed by atoms with van der Waals surface area (Å²) in [6.45, 7) is 0.552. The number of hydrogen-bond donors (Lipinski definition) is 1. The van der Waals surface area contributed by atoms with Crippen molar-refractivity contribution in [3.63, 3.8) is 0 Å². The molecule has 1 N–H and O–H groups in total. The summed E-state index contributed by atoms with van der Waals surface area (Å²) in [5.74, 6) is -0.285. The molecule has 0 spiro atoms. The van der Waals surface area contributed by atoms with Crippen molar-refractivity contribution in [1.29, 1.82) is 0 Å². The van der Waals surface area contributed by atoms with Gasteiger partial charge in [0.2, 0.25) is 5.91 Å². The number of carbonyl (C=O) groups excluding carboxylic acids is 2. The summed E-state index contributed by atoms with van der Waals surface area (Å²) in [5, 5.41) is 0. The first-order valence-electron chi connectivity index (χ1n) is 4.27. The summed E-state index contributed by atoms with van der Waals surface area (Å²) >= 11 is 0. The zero-order valence-corrected chi connectivity index (χ0v) is 7.12. The predicted octanol–water partition coefficient (Wildman–Crippen LogP) is 0.777. The Kier molecular flexibility index (Phi) is 1.88. The van der Waals surface area contributed by atoms with E-state index in [0.717, 1.165) is 6.42 Å². The van der Waals surface area contributed by atoms with Crippen molar-refractivity contribution in [3.8, 4) is 0 Å². The maximum absolute atomic E-state index is 11.6. The molecule has 0 bridgehead atoms. The summed E-state index contributed by atoms with van der Waals surface area (Å²) in [4.78, 5) is 26.9. The van der Waals surface area contributed by atoms with Gasteiger partial charge in [-0.3, -0.25) is 14.5 Å². The Morgan fingerprint density at radius 1 is 1.54 bits per heavy atom. The molecule has 4 nitrogen and oxygen atoms in total. The summed E-state index contributed by atoms with van der Waals surface area (Å²) in [6, 6.07) is 3.42. The molecule has 2 amide bonds. The van der Waals surface area contributed by atoms with Crippen LogP contribution in [0.4, 0.5) is 0 Å². The summed E-state index contributed by atoms with van der Waals surface area (Å²) < 4.78 is 0. The highest BCUT2D eigenvalue weighted by molar-refractivity contribution is 6.04. The van der Waals surface area contributed by atoms with Crippen molar-refractivity contribution in [2.45, 2.75) is 12.8 Å². The van der Waals surface area contributed by atoms with Gasteiger partial charge in [0, 0.05) is 19.2 Å². The highest BCUT2D eigenvalue weighted by atomic mass is 16.2. The van der Waals surface area contributed by atoms with Gasteiger partial charge in [0.15, 0.2) is 0 Å². The van der Waals surface area contributed by atoms with E-state index >= 15 is 0 Å². The molecule has 1 aliphatic rings. The largest absolute Gasteiger partial charge is 0.357 e. The second-order valence-electron chi connectivity index (χ2n) is 3.04. The lowest BCUT2D eigenvalue weighted by molar-refractivity contribution is -0.125. The number of nitrogens with zero attached hydrogens (tertiary/aromatic N) is 1. The smallest absolute Gasteiger partial charge is 0.276 e. The molecule has 0 unspecified atom stereocenters. The highest BCUT2D eigenvalue weighted by Gasteiger charge is 2.27. The number of imide groups is 1. The Morgan fingerprint density at radius 2 is 2.38 bits per heavy atom. The number of H-pyrrole nitrogens is 1. The first kappa shape index (κ1) is 8.04. The Labute approximate surface area is 75.5 Å². The van der Waals surface area contributed by atoms with E-state index in [9.17, 15) is 9.59 Å². The Balaban J connectivity index is 2.18. The molecule has 1 aromatic rings. The first-order chi connectivity index (χ1) is 6.29. The van der Waals surface area contributed by atoms with E-state index in [1.807, 2.05) is 0 Å². The fraction of sp³-hybridized carbons (Fsp3) is 0.333. The van der Waals surface area contributed by atoms with E-state index in [-0.39, 0.29) is 11.8 Å². The van der Waals surface area contributed by atoms with Crippen molar-refractivity contribution in [2.75, 3.05) is 6.54 Å².